The first-order valence-corrected chi connectivity index (χ1v) is 4.53. The number of aryl methyl sites for hydroxylation is 3. The van der Waals surface area contributed by atoms with Gasteiger partial charge < -0.3 is 0 Å². The second-order valence-corrected chi connectivity index (χ2v) is 3.61. The van der Waals surface area contributed by atoms with E-state index >= 15 is 0 Å². The Labute approximate surface area is 74.6 Å². The molecular weight excluding hydrogens is 170 g/mol. The number of rotatable bonds is 0. The fourth-order valence-corrected chi connectivity index (χ4v) is 1.99. The van der Waals surface area contributed by atoms with Crippen LogP contribution in [0.3, 0.4) is 0 Å². The molecule has 0 saturated carbocycles. The fourth-order valence-electron chi connectivity index (χ4n) is 1.23. The Bertz CT molecular complexity index is 433. The number of aromatic nitrogens is 3. The highest BCUT2D eigenvalue weighted by molar-refractivity contribution is 7.13. The van der Waals surface area contributed by atoms with Crippen molar-refractivity contribution in [3.05, 3.63) is 17.0 Å². The normalized spacial score (nSPS) is 10.9. The van der Waals surface area contributed by atoms with Gasteiger partial charge in [0, 0.05) is 5.69 Å². The highest BCUT2D eigenvalue weighted by Gasteiger charge is 2.08. The Morgan fingerprint density at radius 1 is 1.08 bits per heavy atom. The fraction of sp³-hybridized carbons (Fsp3) is 0.375. The van der Waals surface area contributed by atoms with Crippen molar-refractivity contribution in [2.75, 3.05) is 0 Å². The molecule has 12 heavy (non-hydrogen) atoms. The van der Waals surface area contributed by atoms with Crippen molar-refractivity contribution in [3.63, 3.8) is 0 Å². The lowest BCUT2D eigenvalue weighted by Gasteiger charge is -2.00. The minimum Gasteiger partial charge on any atom is -0.256 e. The van der Waals surface area contributed by atoms with Gasteiger partial charge in [-0.2, -0.15) is 0 Å². The van der Waals surface area contributed by atoms with Crippen LogP contribution in [0, 0.1) is 20.8 Å². The monoisotopic (exact) mass is 179 g/mol. The first-order valence-electron chi connectivity index (χ1n) is 3.76. The molecule has 0 aromatic carbocycles. The maximum absolute atomic E-state index is 4.38. The summed E-state index contributed by atoms with van der Waals surface area (Å²) in [6.45, 7) is 6.04. The van der Waals surface area contributed by atoms with E-state index in [2.05, 4.69) is 21.5 Å². The molecule has 0 N–H and O–H groups in total. The molecule has 2 rings (SSSR count). The summed E-state index contributed by atoms with van der Waals surface area (Å²) in [5.74, 6) is 0. The van der Waals surface area contributed by atoms with Gasteiger partial charge in [0.2, 0.25) is 0 Å². The Hall–Kier alpha value is -1.03. The lowest BCUT2D eigenvalue weighted by atomic mass is 10.2. The molecular formula is C8H9N3S. The zero-order valence-corrected chi connectivity index (χ0v) is 8.07. The van der Waals surface area contributed by atoms with Crippen LogP contribution in [0.5, 0.6) is 0 Å². The second-order valence-electron chi connectivity index (χ2n) is 2.86. The molecule has 0 atom stereocenters. The number of hydrogen-bond donors (Lipinski definition) is 0. The molecule has 0 fully saturated rings. The minimum atomic E-state index is 0.947. The maximum Gasteiger partial charge on any atom is 0.127 e. The maximum atomic E-state index is 4.38. The molecule has 0 radical (unpaired) electrons. The van der Waals surface area contributed by atoms with Crippen molar-refractivity contribution in [2.24, 2.45) is 0 Å². The largest absolute Gasteiger partial charge is 0.256 e. The Morgan fingerprint density at radius 2 is 1.83 bits per heavy atom. The second kappa shape index (κ2) is 2.48. The van der Waals surface area contributed by atoms with Crippen LogP contribution in [-0.4, -0.2) is 14.6 Å². The molecule has 2 aromatic rings. The van der Waals surface area contributed by atoms with E-state index in [0.717, 1.165) is 16.9 Å². The summed E-state index contributed by atoms with van der Waals surface area (Å²) in [5.41, 5.74) is 4.20. The number of nitrogens with zero attached hydrogens (tertiary/aromatic N) is 3. The van der Waals surface area contributed by atoms with Crippen molar-refractivity contribution in [1.82, 2.24) is 14.6 Å². The van der Waals surface area contributed by atoms with E-state index in [4.69, 9.17) is 0 Å². The van der Waals surface area contributed by atoms with Gasteiger partial charge in [-0.3, -0.25) is 4.98 Å². The van der Waals surface area contributed by atoms with Crippen LogP contribution in [0.15, 0.2) is 0 Å². The van der Waals surface area contributed by atoms with Crippen molar-refractivity contribution >= 4 is 21.7 Å². The molecule has 62 valence electrons. The quantitative estimate of drug-likeness (QED) is 0.621. The molecule has 0 amide bonds. The van der Waals surface area contributed by atoms with Gasteiger partial charge in [0.15, 0.2) is 0 Å². The molecule has 3 nitrogen and oxygen atoms in total. The third-order valence-electron chi connectivity index (χ3n) is 2.05. The van der Waals surface area contributed by atoms with E-state index in [1.165, 1.54) is 21.8 Å². The minimum absolute atomic E-state index is 0.947. The third kappa shape index (κ3) is 0.914. The van der Waals surface area contributed by atoms with Crippen LogP contribution in [0.25, 0.3) is 10.2 Å². The van der Waals surface area contributed by atoms with Gasteiger partial charge in [0.1, 0.15) is 5.52 Å². The molecule has 0 spiro atoms. The van der Waals surface area contributed by atoms with Gasteiger partial charge in [-0.05, 0) is 37.9 Å². The SMILES string of the molecule is Cc1nc(C)c2nnsc2c1C. The Kier molecular flexibility index (Phi) is 1.58. The highest BCUT2D eigenvalue weighted by Crippen LogP contribution is 2.23. The highest BCUT2D eigenvalue weighted by atomic mass is 32.1. The van der Waals surface area contributed by atoms with Crippen molar-refractivity contribution < 1.29 is 0 Å². The standard InChI is InChI=1S/C8H9N3S/c1-4-5(2)9-6(3)7-8(4)12-11-10-7/h1-3H3. The average Bonchev–Trinajstić information content (AvgIpc) is 2.48. The lowest BCUT2D eigenvalue weighted by molar-refractivity contribution is 1.09. The lowest BCUT2D eigenvalue weighted by Crippen LogP contribution is -1.91. The van der Waals surface area contributed by atoms with Crippen LogP contribution in [-0.2, 0) is 0 Å². The van der Waals surface area contributed by atoms with Gasteiger partial charge in [-0.1, -0.05) is 4.49 Å². The zero-order valence-electron chi connectivity index (χ0n) is 7.25. The zero-order chi connectivity index (χ0) is 8.72. The van der Waals surface area contributed by atoms with Crippen LogP contribution < -0.4 is 0 Å². The third-order valence-corrected chi connectivity index (χ3v) is 2.89. The van der Waals surface area contributed by atoms with E-state index in [1.54, 1.807) is 0 Å². The summed E-state index contributed by atoms with van der Waals surface area (Å²) < 4.78 is 5.08. The molecule has 0 aliphatic carbocycles. The molecule has 0 saturated heterocycles. The van der Waals surface area contributed by atoms with Crippen LogP contribution in [0.2, 0.25) is 0 Å². The van der Waals surface area contributed by atoms with Crippen molar-refractivity contribution in [1.29, 1.82) is 0 Å². The summed E-state index contributed by atoms with van der Waals surface area (Å²) in [7, 11) is 0. The summed E-state index contributed by atoms with van der Waals surface area (Å²) >= 11 is 1.44. The van der Waals surface area contributed by atoms with Gasteiger partial charge in [-0.25, -0.2) is 0 Å². The molecule has 0 aliphatic heterocycles. The van der Waals surface area contributed by atoms with E-state index in [9.17, 15) is 0 Å². The molecule has 0 unspecified atom stereocenters. The number of fused-ring (bicyclic) bond motifs is 1. The summed E-state index contributed by atoms with van der Waals surface area (Å²) in [6.07, 6.45) is 0. The number of hydrogen-bond acceptors (Lipinski definition) is 4. The van der Waals surface area contributed by atoms with Gasteiger partial charge in [0.25, 0.3) is 0 Å². The van der Waals surface area contributed by atoms with Crippen LogP contribution in [0.1, 0.15) is 17.0 Å². The molecule has 0 aliphatic rings. The Balaban J connectivity index is 2.97. The topological polar surface area (TPSA) is 38.7 Å². The summed E-state index contributed by atoms with van der Waals surface area (Å²) in [6, 6.07) is 0. The van der Waals surface area contributed by atoms with Gasteiger partial charge in [-0.15, -0.1) is 5.10 Å². The Morgan fingerprint density at radius 3 is 2.58 bits per heavy atom. The average molecular weight is 179 g/mol. The van der Waals surface area contributed by atoms with Gasteiger partial charge >= 0.3 is 0 Å². The molecule has 0 bridgehead atoms. The van der Waals surface area contributed by atoms with Gasteiger partial charge in [0.05, 0.1) is 10.4 Å². The van der Waals surface area contributed by atoms with E-state index < -0.39 is 0 Å². The molecule has 2 aromatic heterocycles. The van der Waals surface area contributed by atoms with E-state index in [-0.39, 0.29) is 0 Å². The smallest absolute Gasteiger partial charge is 0.127 e. The van der Waals surface area contributed by atoms with E-state index in [1.807, 2.05) is 13.8 Å². The molecule has 2 heterocycles. The van der Waals surface area contributed by atoms with Crippen LogP contribution in [0.4, 0.5) is 0 Å². The molecule has 4 heteroatoms. The first kappa shape index (κ1) is 7.61. The predicted molar refractivity (Wildman–Crippen MR) is 49.4 cm³/mol. The summed E-state index contributed by atoms with van der Waals surface area (Å²) in [4.78, 5) is 4.38. The van der Waals surface area contributed by atoms with Crippen LogP contribution >= 0.6 is 11.5 Å². The van der Waals surface area contributed by atoms with E-state index in [0.29, 0.717) is 0 Å². The van der Waals surface area contributed by atoms with Crippen molar-refractivity contribution in [2.45, 2.75) is 20.8 Å². The van der Waals surface area contributed by atoms with Crippen molar-refractivity contribution in [3.8, 4) is 0 Å². The predicted octanol–water partition coefficient (Wildman–Crippen LogP) is 2.01. The first-order chi connectivity index (χ1) is 5.70. The number of pyridine rings is 1. The summed E-state index contributed by atoms with van der Waals surface area (Å²) in [5, 5.41) is 4.03.